The predicted molar refractivity (Wildman–Crippen MR) is 74.2 cm³/mol. The standard InChI is InChI=1S/C16H13NO/c18-16-11-4-3-9-15(16)17-14-10-5-7-12-6-1-2-8-13(12)14/h1-11,13,18H. The number of aromatic hydroxyl groups is 1. The molecule has 0 amide bonds. The van der Waals surface area contributed by atoms with Crippen molar-refractivity contribution < 1.29 is 5.11 Å². The number of hydrogen-bond acceptors (Lipinski definition) is 2. The van der Waals surface area contributed by atoms with Gasteiger partial charge in [0.05, 0.1) is 5.71 Å². The molecule has 0 fully saturated rings. The fraction of sp³-hybridized carbons (Fsp3) is 0.0625. The van der Waals surface area contributed by atoms with Gasteiger partial charge >= 0.3 is 0 Å². The molecule has 1 N–H and O–H groups in total. The molecule has 0 heterocycles. The molecular weight excluding hydrogens is 222 g/mol. The number of phenolic OH excluding ortho intramolecular Hbond substituents is 1. The highest BCUT2D eigenvalue weighted by atomic mass is 16.3. The Bertz CT molecular complexity index is 618. The van der Waals surface area contributed by atoms with Gasteiger partial charge in [-0.3, -0.25) is 0 Å². The van der Waals surface area contributed by atoms with Crippen molar-refractivity contribution in [3.05, 3.63) is 72.4 Å². The lowest BCUT2D eigenvalue weighted by molar-refractivity contribution is 0.477. The summed E-state index contributed by atoms with van der Waals surface area (Å²) in [7, 11) is 0. The normalized spacial score (nSPS) is 23.0. The van der Waals surface area contributed by atoms with E-state index >= 15 is 0 Å². The molecule has 2 aliphatic rings. The first-order valence-electron chi connectivity index (χ1n) is 5.94. The van der Waals surface area contributed by atoms with E-state index in [-0.39, 0.29) is 11.7 Å². The smallest absolute Gasteiger partial charge is 0.141 e. The molecule has 88 valence electrons. The van der Waals surface area contributed by atoms with Crippen molar-refractivity contribution in [2.45, 2.75) is 0 Å². The number of hydrogen-bond donors (Lipinski definition) is 1. The molecule has 0 aromatic heterocycles. The number of aliphatic imine (C=N–C) groups is 1. The largest absolute Gasteiger partial charge is 0.506 e. The maximum absolute atomic E-state index is 9.76. The first kappa shape index (κ1) is 10.8. The Morgan fingerprint density at radius 2 is 1.89 bits per heavy atom. The average Bonchev–Trinajstić information content (AvgIpc) is 2.42. The number of allylic oxidation sites excluding steroid dienone is 8. The van der Waals surface area contributed by atoms with E-state index in [9.17, 15) is 5.11 Å². The third-order valence-corrected chi connectivity index (χ3v) is 3.07. The molecule has 0 aliphatic heterocycles. The zero-order valence-corrected chi connectivity index (χ0v) is 9.82. The number of para-hydroxylation sites is 2. The van der Waals surface area contributed by atoms with Crippen molar-refractivity contribution in [1.29, 1.82) is 0 Å². The highest BCUT2D eigenvalue weighted by molar-refractivity contribution is 6.03. The van der Waals surface area contributed by atoms with Crippen LogP contribution >= 0.6 is 0 Å². The van der Waals surface area contributed by atoms with Gasteiger partial charge in [0.2, 0.25) is 0 Å². The maximum Gasteiger partial charge on any atom is 0.141 e. The van der Waals surface area contributed by atoms with Gasteiger partial charge in [-0.05, 0) is 23.8 Å². The van der Waals surface area contributed by atoms with Crippen molar-refractivity contribution in [2.24, 2.45) is 10.9 Å². The second kappa shape index (κ2) is 4.49. The van der Waals surface area contributed by atoms with Gasteiger partial charge in [-0.15, -0.1) is 0 Å². The summed E-state index contributed by atoms with van der Waals surface area (Å²) in [5, 5.41) is 9.76. The van der Waals surface area contributed by atoms with E-state index in [0.717, 1.165) is 5.71 Å². The molecule has 3 rings (SSSR count). The van der Waals surface area contributed by atoms with E-state index in [1.165, 1.54) is 5.57 Å². The zero-order valence-electron chi connectivity index (χ0n) is 9.82. The van der Waals surface area contributed by atoms with Gasteiger partial charge in [0.1, 0.15) is 11.4 Å². The number of fused-ring (bicyclic) bond motifs is 1. The van der Waals surface area contributed by atoms with E-state index in [2.05, 4.69) is 23.2 Å². The summed E-state index contributed by atoms with van der Waals surface area (Å²) in [4.78, 5) is 4.56. The Morgan fingerprint density at radius 1 is 1.00 bits per heavy atom. The Kier molecular flexibility index (Phi) is 2.69. The van der Waals surface area contributed by atoms with Crippen LogP contribution in [-0.2, 0) is 0 Å². The molecule has 1 aromatic carbocycles. The van der Waals surface area contributed by atoms with Crippen LogP contribution in [0.25, 0.3) is 0 Å². The molecule has 18 heavy (non-hydrogen) atoms. The first-order valence-corrected chi connectivity index (χ1v) is 5.94. The van der Waals surface area contributed by atoms with Crippen molar-refractivity contribution in [1.82, 2.24) is 0 Å². The van der Waals surface area contributed by atoms with Gasteiger partial charge < -0.3 is 5.11 Å². The summed E-state index contributed by atoms with van der Waals surface area (Å²) in [5.74, 6) is 0.407. The van der Waals surface area contributed by atoms with E-state index in [0.29, 0.717) is 5.69 Å². The SMILES string of the molecule is Oc1ccccc1N=C1C=CC=C2C=CC=CC21. The highest BCUT2D eigenvalue weighted by Gasteiger charge is 2.18. The number of nitrogens with zero attached hydrogens (tertiary/aromatic N) is 1. The molecule has 2 heteroatoms. The molecule has 0 radical (unpaired) electrons. The lowest BCUT2D eigenvalue weighted by Gasteiger charge is -2.20. The van der Waals surface area contributed by atoms with Crippen LogP contribution in [0, 0.1) is 5.92 Å². The monoisotopic (exact) mass is 235 g/mol. The van der Waals surface area contributed by atoms with Crippen LogP contribution < -0.4 is 0 Å². The Balaban J connectivity index is 2.01. The number of phenols is 1. The minimum Gasteiger partial charge on any atom is -0.506 e. The van der Waals surface area contributed by atoms with E-state index < -0.39 is 0 Å². The van der Waals surface area contributed by atoms with Crippen LogP contribution in [0.5, 0.6) is 5.75 Å². The van der Waals surface area contributed by atoms with Crippen molar-refractivity contribution in [2.75, 3.05) is 0 Å². The summed E-state index contributed by atoms with van der Waals surface area (Å²) >= 11 is 0. The second-order valence-electron chi connectivity index (χ2n) is 4.27. The topological polar surface area (TPSA) is 32.6 Å². The second-order valence-corrected chi connectivity index (χ2v) is 4.27. The molecule has 2 aliphatic carbocycles. The quantitative estimate of drug-likeness (QED) is 0.790. The zero-order chi connectivity index (χ0) is 12.4. The molecule has 1 aromatic rings. The average molecular weight is 235 g/mol. The highest BCUT2D eigenvalue weighted by Crippen LogP contribution is 2.30. The van der Waals surface area contributed by atoms with Gasteiger partial charge in [0.25, 0.3) is 0 Å². The summed E-state index contributed by atoms with van der Waals surface area (Å²) in [5.41, 5.74) is 2.80. The van der Waals surface area contributed by atoms with Crippen molar-refractivity contribution >= 4 is 11.4 Å². The van der Waals surface area contributed by atoms with Crippen LogP contribution in [-0.4, -0.2) is 10.8 Å². The van der Waals surface area contributed by atoms with E-state index in [1.54, 1.807) is 12.1 Å². The summed E-state index contributed by atoms with van der Waals surface area (Å²) in [6, 6.07) is 7.14. The van der Waals surface area contributed by atoms with Crippen LogP contribution in [0.3, 0.4) is 0 Å². The lowest BCUT2D eigenvalue weighted by atomic mass is 9.86. The van der Waals surface area contributed by atoms with Crippen LogP contribution in [0.4, 0.5) is 5.69 Å². The number of rotatable bonds is 1. The predicted octanol–water partition coefficient (Wildman–Crippen LogP) is 3.70. The molecule has 0 saturated carbocycles. The van der Waals surface area contributed by atoms with Crippen LogP contribution in [0.2, 0.25) is 0 Å². The minimum absolute atomic E-state index is 0.194. The van der Waals surface area contributed by atoms with Gasteiger partial charge in [0.15, 0.2) is 0 Å². The molecule has 2 nitrogen and oxygen atoms in total. The van der Waals surface area contributed by atoms with Crippen molar-refractivity contribution in [3.8, 4) is 5.75 Å². The lowest BCUT2D eigenvalue weighted by Crippen LogP contribution is -2.15. The van der Waals surface area contributed by atoms with E-state index in [4.69, 9.17) is 0 Å². The molecule has 1 unspecified atom stereocenters. The van der Waals surface area contributed by atoms with Gasteiger partial charge in [-0.1, -0.05) is 48.6 Å². The fourth-order valence-corrected chi connectivity index (χ4v) is 2.15. The summed E-state index contributed by atoms with van der Waals surface area (Å²) < 4.78 is 0. The first-order chi connectivity index (χ1) is 8.84. The molecule has 0 spiro atoms. The third kappa shape index (κ3) is 1.93. The Morgan fingerprint density at radius 3 is 2.78 bits per heavy atom. The maximum atomic E-state index is 9.76. The molecular formula is C16H13NO. The number of benzene rings is 1. The third-order valence-electron chi connectivity index (χ3n) is 3.07. The summed E-state index contributed by atoms with van der Waals surface area (Å²) in [6.07, 6.45) is 14.3. The fourth-order valence-electron chi connectivity index (χ4n) is 2.15. The van der Waals surface area contributed by atoms with Gasteiger partial charge in [-0.2, -0.15) is 0 Å². The van der Waals surface area contributed by atoms with Gasteiger partial charge in [0, 0.05) is 5.92 Å². The molecule has 0 saturated heterocycles. The Hall–Kier alpha value is -2.35. The van der Waals surface area contributed by atoms with Crippen LogP contribution in [0.1, 0.15) is 0 Å². The summed E-state index contributed by atoms with van der Waals surface area (Å²) in [6.45, 7) is 0. The Labute approximate surface area is 106 Å². The van der Waals surface area contributed by atoms with Crippen molar-refractivity contribution in [3.63, 3.8) is 0 Å². The van der Waals surface area contributed by atoms with E-state index in [1.807, 2.05) is 36.4 Å². The molecule has 0 bridgehead atoms. The van der Waals surface area contributed by atoms with Gasteiger partial charge in [-0.25, -0.2) is 4.99 Å². The van der Waals surface area contributed by atoms with Crippen LogP contribution in [0.15, 0.2) is 77.4 Å². The molecule has 1 atom stereocenters. The minimum atomic E-state index is 0.194.